The molecule has 3 N–H and O–H groups in total. The number of nitrogens with one attached hydrogen (secondary N) is 3. The van der Waals surface area contributed by atoms with Crippen LogP contribution in [0.5, 0.6) is 0 Å². The second kappa shape index (κ2) is 14.6. The zero-order valence-corrected chi connectivity index (χ0v) is 21.5. The van der Waals surface area contributed by atoms with E-state index in [9.17, 15) is 33.6 Å². The van der Waals surface area contributed by atoms with Crippen molar-refractivity contribution in [3.63, 3.8) is 0 Å². The molecule has 0 aliphatic heterocycles. The number of esters is 2. The first-order valence-corrected chi connectivity index (χ1v) is 11.5. The van der Waals surface area contributed by atoms with Crippen LogP contribution in [-0.4, -0.2) is 79.9 Å². The topological polar surface area (TPSA) is 197 Å². The minimum Gasteiger partial charge on any atom is -0.469 e. The quantitative estimate of drug-likeness (QED) is 0.207. The molecule has 208 valence electrons. The van der Waals surface area contributed by atoms with Crippen molar-refractivity contribution in [2.75, 3.05) is 42.4 Å². The number of benzene rings is 1. The summed E-state index contributed by atoms with van der Waals surface area (Å²) in [6.45, 7) is 1.15. The van der Waals surface area contributed by atoms with Crippen LogP contribution in [-0.2, 0) is 33.4 Å². The Morgan fingerprint density at radius 2 is 1.67 bits per heavy atom. The van der Waals surface area contributed by atoms with Crippen molar-refractivity contribution in [2.45, 2.75) is 25.8 Å². The lowest BCUT2D eigenvalue weighted by Gasteiger charge is -2.22. The van der Waals surface area contributed by atoms with Gasteiger partial charge in [0.25, 0.3) is 11.5 Å². The van der Waals surface area contributed by atoms with Crippen LogP contribution in [0.25, 0.3) is 0 Å². The number of hydrogen-bond donors (Lipinski definition) is 3. The van der Waals surface area contributed by atoms with Crippen molar-refractivity contribution >= 4 is 53.9 Å². The molecule has 0 unspecified atom stereocenters. The van der Waals surface area contributed by atoms with Gasteiger partial charge in [-0.05, 0) is 30.7 Å². The summed E-state index contributed by atoms with van der Waals surface area (Å²) < 4.78 is 9.22. The number of amides is 4. The van der Waals surface area contributed by atoms with E-state index in [0.717, 1.165) is 18.2 Å². The van der Waals surface area contributed by atoms with Gasteiger partial charge < -0.3 is 24.6 Å². The molecule has 0 radical (unpaired) electrons. The number of rotatable bonds is 14. The van der Waals surface area contributed by atoms with E-state index in [0.29, 0.717) is 18.5 Å². The fraction of sp³-hybridized carbons (Fsp3) is 0.333. The van der Waals surface area contributed by atoms with Crippen LogP contribution in [0, 0.1) is 0 Å². The highest BCUT2D eigenvalue weighted by molar-refractivity contribution is 5.97. The summed E-state index contributed by atoms with van der Waals surface area (Å²) in [5.74, 6) is -2.41. The third-order valence-electron chi connectivity index (χ3n) is 5.34. The highest BCUT2D eigenvalue weighted by Gasteiger charge is 2.23. The van der Waals surface area contributed by atoms with Crippen molar-refractivity contribution < 1.29 is 38.2 Å². The Balaban J connectivity index is 2.07. The molecule has 2 rings (SSSR count). The largest absolute Gasteiger partial charge is 0.469 e. The third kappa shape index (κ3) is 8.77. The Labute approximate surface area is 222 Å². The van der Waals surface area contributed by atoms with Crippen LogP contribution >= 0.6 is 0 Å². The summed E-state index contributed by atoms with van der Waals surface area (Å²) in [6, 6.07) is 4.72. The van der Waals surface area contributed by atoms with Crippen LogP contribution in [0.2, 0.25) is 0 Å². The molecule has 4 amide bonds. The standard InChI is InChI=1S/C24H28N6O9/c1-15(33)26-24-25-12-19(22(36)28-24)30(14-32)11-10-29(13-31)17-6-4-16(5-7-17)21(35)27-18(23(37)39-3)8-9-20(34)38-2/h4-7,12-14,18H,8-11H2,1-3H3,(H,27,35)(H2,25,26,28,33,36)/t18-/m0/s1. The molecule has 0 saturated carbocycles. The minimum absolute atomic E-state index is 0.0153. The molecule has 0 bridgehead atoms. The average Bonchev–Trinajstić information content (AvgIpc) is 2.93. The molecule has 1 aromatic carbocycles. The second-order valence-electron chi connectivity index (χ2n) is 7.94. The molecular weight excluding hydrogens is 516 g/mol. The molecule has 1 atom stereocenters. The van der Waals surface area contributed by atoms with Crippen molar-refractivity contribution in [1.82, 2.24) is 15.3 Å². The number of aromatic nitrogens is 2. The minimum atomic E-state index is -1.08. The van der Waals surface area contributed by atoms with E-state index in [4.69, 9.17) is 0 Å². The van der Waals surface area contributed by atoms with Gasteiger partial charge in [-0.2, -0.15) is 0 Å². The first-order chi connectivity index (χ1) is 18.6. The molecule has 0 fully saturated rings. The molecule has 1 aromatic heterocycles. The van der Waals surface area contributed by atoms with E-state index >= 15 is 0 Å². The van der Waals surface area contributed by atoms with Gasteiger partial charge in [0.05, 0.1) is 20.4 Å². The number of aromatic amines is 1. The number of H-pyrrole nitrogens is 1. The number of anilines is 3. The number of ether oxygens (including phenoxy) is 2. The van der Waals surface area contributed by atoms with E-state index in [1.165, 1.54) is 43.2 Å². The predicted molar refractivity (Wildman–Crippen MR) is 137 cm³/mol. The van der Waals surface area contributed by atoms with Gasteiger partial charge >= 0.3 is 11.9 Å². The lowest BCUT2D eigenvalue weighted by Crippen LogP contribution is -2.42. The number of hydrogen-bond acceptors (Lipinski definition) is 10. The smallest absolute Gasteiger partial charge is 0.328 e. The average molecular weight is 545 g/mol. The van der Waals surface area contributed by atoms with Gasteiger partial charge in [0.15, 0.2) is 0 Å². The molecule has 0 aliphatic rings. The number of nitrogens with zero attached hydrogens (tertiary/aromatic N) is 3. The lowest BCUT2D eigenvalue weighted by molar-refractivity contribution is -0.144. The zero-order valence-electron chi connectivity index (χ0n) is 21.5. The van der Waals surface area contributed by atoms with Gasteiger partial charge in [0.2, 0.25) is 24.7 Å². The van der Waals surface area contributed by atoms with Gasteiger partial charge in [-0.1, -0.05) is 0 Å². The van der Waals surface area contributed by atoms with Crippen molar-refractivity contribution in [3.05, 3.63) is 46.4 Å². The van der Waals surface area contributed by atoms with Gasteiger partial charge in [-0.25, -0.2) is 9.78 Å². The molecule has 15 heteroatoms. The van der Waals surface area contributed by atoms with Crippen LogP contribution in [0.4, 0.5) is 17.3 Å². The Hall–Kier alpha value is -5.08. The number of carbonyl (C=O) groups is 6. The zero-order chi connectivity index (χ0) is 28.9. The van der Waals surface area contributed by atoms with E-state index in [-0.39, 0.29) is 43.1 Å². The molecule has 15 nitrogen and oxygen atoms in total. The Morgan fingerprint density at radius 1 is 1.03 bits per heavy atom. The Morgan fingerprint density at radius 3 is 2.21 bits per heavy atom. The van der Waals surface area contributed by atoms with E-state index in [1.54, 1.807) is 0 Å². The summed E-state index contributed by atoms with van der Waals surface area (Å²) >= 11 is 0. The third-order valence-corrected chi connectivity index (χ3v) is 5.34. The maximum atomic E-state index is 12.6. The SMILES string of the molecule is COC(=O)CC[C@H](NC(=O)c1ccc(N(C=O)CCN(C=O)c2cnc(NC(C)=O)[nH]c2=O)cc1)C(=O)OC. The van der Waals surface area contributed by atoms with Crippen LogP contribution in [0.15, 0.2) is 35.3 Å². The van der Waals surface area contributed by atoms with Crippen molar-refractivity contribution in [3.8, 4) is 0 Å². The molecule has 0 spiro atoms. The maximum absolute atomic E-state index is 12.6. The highest BCUT2D eigenvalue weighted by Crippen LogP contribution is 2.15. The molecular formula is C24H28N6O9. The number of carbonyl (C=O) groups excluding carboxylic acids is 6. The first kappa shape index (κ1) is 30.1. The van der Waals surface area contributed by atoms with E-state index in [1.807, 2.05) is 0 Å². The maximum Gasteiger partial charge on any atom is 0.328 e. The van der Waals surface area contributed by atoms with Crippen molar-refractivity contribution in [2.24, 2.45) is 0 Å². The van der Waals surface area contributed by atoms with Crippen molar-refractivity contribution in [1.29, 1.82) is 0 Å². The molecule has 39 heavy (non-hydrogen) atoms. The van der Waals surface area contributed by atoms with Gasteiger partial charge in [0, 0.05) is 37.7 Å². The highest BCUT2D eigenvalue weighted by atomic mass is 16.5. The first-order valence-electron chi connectivity index (χ1n) is 11.5. The summed E-state index contributed by atoms with van der Waals surface area (Å²) in [6.07, 6.45) is 1.90. The van der Waals surface area contributed by atoms with Crippen LogP contribution in [0.3, 0.4) is 0 Å². The van der Waals surface area contributed by atoms with Gasteiger partial charge in [-0.3, -0.25) is 39.1 Å². The molecule has 2 aromatic rings. The molecule has 0 saturated heterocycles. The normalized spacial score (nSPS) is 10.9. The van der Waals surface area contributed by atoms with E-state index < -0.39 is 35.4 Å². The summed E-state index contributed by atoms with van der Waals surface area (Å²) in [5, 5.41) is 4.82. The second-order valence-corrected chi connectivity index (χ2v) is 7.94. The number of methoxy groups -OCH3 is 2. The fourth-order valence-electron chi connectivity index (χ4n) is 3.31. The van der Waals surface area contributed by atoms with Crippen LogP contribution < -0.4 is 26.0 Å². The van der Waals surface area contributed by atoms with E-state index in [2.05, 4.69) is 30.1 Å². The molecule has 0 aliphatic carbocycles. The summed E-state index contributed by atoms with van der Waals surface area (Å²) in [4.78, 5) is 91.3. The van der Waals surface area contributed by atoms with Gasteiger partial charge in [-0.15, -0.1) is 0 Å². The summed E-state index contributed by atoms with van der Waals surface area (Å²) in [7, 11) is 2.36. The van der Waals surface area contributed by atoms with Gasteiger partial charge in [0.1, 0.15) is 11.7 Å². The Bertz CT molecular complexity index is 1260. The Kier molecular flexibility index (Phi) is 11.3. The monoisotopic (exact) mass is 544 g/mol. The predicted octanol–water partition coefficient (Wildman–Crippen LogP) is -0.421. The summed E-state index contributed by atoms with van der Waals surface area (Å²) in [5.41, 5.74) is -0.214. The molecule has 1 heterocycles. The van der Waals surface area contributed by atoms with Crippen LogP contribution in [0.1, 0.15) is 30.1 Å². The lowest BCUT2D eigenvalue weighted by atomic mass is 10.1. The fourth-order valence-corrected chi connectivity index (χ4v) is 3.31.